The quantitative estimate of drug-likeness (QED) is 0.298. The fraction of sp³-hybridized carbons (Fsp3) is 0.692. The number of nitrogens with zero attached hydrogens (tertiary/aromatic N) is 2. The molecule has 2 aliphatic heterocycles. The summed E-state index contributed by atoms with van der Waals surface area (Å²) in [6.07, 6.45) is -0.571. The van der Waals surface area contributed by atoms with Gasteiger partial charge in [-0.3, -0.25) is 9.69 Å². The van der Waals surface area contributed by atoms with E-state index in [0.29, 0.717) is 16.6 Å². The average Bonchev–Trinajstić information content (AvgIpc) is 3.09. The van der Waals surface area contributed by atoms with Crippen molar-refractivity contribution in [1.29, 1.82) is 0 Å². The van der Waals surface area contributed by atoms with Crippen LogP contribution in [0.5, 0.6) is 0 Å². The first-order chi connectivity index (χ1) is 15.7. The van der Waals surface area contributed by atoms with Crippen molar-refractivity contribution in [1.82, 2.24) is 9.47 Å². The van der Waals surface area contributed by atoms with E-state index in [1.54, 1.807) is 4.90 Å². The minimum Gasteiger partial charge on any atom is -0.447 e. The molecule has 0 N–H and O–H groups in total. The van der Waals surface area contributed by atoms with Gasteiger partial charge in [0.1, 0.15) is 12.6 Å². The van der Waals surface area contributed by atoms with E-state index in [-0.39, 0.29) is 30.7 Å². The van der Waals surface area contributed by atoms with Gasteiger partial charge in [0, 0.05) is 0 Å². The first kappa shape index (κ1) is 26.9. The van der Waals surface area contributed by atoms with Gasteiger partial charge < -0.3 is 13.7 Å². The normalized spacial score (nSPS) is 24.8. The molecule has 4 atom stereocenters. The molecule has 34 heavy (non-hydrogen) atoms. The van der Waals surface area contributed by atoms with Crippen LogP contribution in [0.25, 0.3) is 0 Å². The van der Waals surface area contributed by atoms with Gasteiger partial charge in [0.2, 0.25) is 14.2 Å². The van der Waals surface area contributed by atoms with E-state index < -0.39 is 28.7 Å². The number of benzene rings is 1. The van der Waals surface area contributed by atoms with Gasteiger partial charge in [0.25, 0.3) is 0 Å². The minimum atomic E-state index is -2.17. The molecule has 2 saturated heterocycles. The maximum atomic E-state index is 13.7. The number of amides is 2. The lowest BCUT2D eigenvalue weighted by Gasteiger charge is -2.59. The monoisotopic (exact) mass is 504 g/mol. The number of carbonyl (C=O) groups is 2. The van der Waals surface area contributed by atoms with Crippen molar-refractivity contribution >= 4 is 28.6 Å². The summed E-state index contributed by atoms with van der Waals surface area (Å²) in [7, 11) is -4.17. The summed E-state index contributed by atoms with van der Waals surface area (Å²) in [5, 5.41) is 0. The summed E-state index contributed by atoms with van der Waals surface area (Å²) in [6.45, 7) is 22.6. The Labute approximate surface area is 208 Å². The smallest absolute Gasteiger partial charge is 0.411 e. The third-order valence-corrected chi connectivity index (χ3v) is 16.0. The Morgan fingerprint density at radius 3 is 1.91 bits per heavy atom. The Kier molecular flexibility index (Phi) is 7.75. The van der Waals surface area contributed by atoms with Crippen LogP contribution in [0.4, 0.5) is 4.79 Å². The second kappa shape index (κ2) is 9.78. The van der Waals surface area contributed by atoms with Crippen molar-refractivity contribution in [3.8, 4) is 0 Å². The molecular formula is C26H44N2O4Si2. The number of hydrogen-bond donors (Lipinski definition) is 0. The van der Waals surface area contributed by atoms with Crippen LogP contribution in [0.1, 0.15) is 60.1 Å². The van der Waals surface area contributed by atoms with Gasteiger partial charge in [0.15, 0.2) is 8.24 Å². The summed E-state index contributed by atoms with van der Waals surface area (Å²) in [5.74, 6) is 0.0327. The average molecular weight is 505 g/mol. The molecule has 0 aromatic heterocycles. The summed E-state index contributed by atoms with van der Waals surface area (Å²) in [5.41, 5.74) is 2.32. The van der Waals surface area contributed by atoms with Crippen molar-refractivity contribution in [3.05, 3.63) is 35.9 Å². The van der Waals surface area contributed by atoms with Crippen molar-refractivity contribution in [2.24, 2.45) is 0 Å². The van der Waals surface area contributed by atoms with Gasteiger partial charge in [-0.25, -0.2) is 4.79 Å². The van der Waals surface area contributed by atoms with Crippen LogP contribution in [-0.2, 0) is 14.0 Å². The number of hydrogen-bond acceptors (Lipinski definition) is 4. The SMILES string of the molecule is CC(C)[Si](O[C@@H](C)[C@H]1[C@H](N2C(=O)OC[C@H]2c2ccccc2)C(=O)N1[Si](C)(C)C)(C(C)C)C(C)C. The zero-order chi connectivity index (χ0) is 25.6. The molecule has 8 heteroatoms. The second-order valence-electron chi connectivity index (χ2n) is 11.9. The number of β-lactam (4-membered cyclic amide) rings is 1. The third kappa shape index (κ3) is 4.49. The van der Waals surface area contributed by atoms with E-state index in [4.69, 9.17) is 9.16 Å². The van der Waals surface area contributed by atoms with Gasteiger partial charge in [-0.15, -0.1) is 0 Å². The first-order valence-corrected chi connectivity index (χ1v) is 18.3. The van der Waals surface area contributed by atoms with Gasteiger partial charge in [-0.2, -0.15) is 0 Å². The third-order valence-electron chi connectivity index (χ3n) is 7.81. The largest absolute Gasteiger partial charge is 0.447 e. The van der Waals surface area contributed by atoms with Crippen LogP contribution in [-0.4, -0.2) is 62.8 Å². The summed E-state index contributed by atoms with van der Waals surface area (Å²) >= 11 is 0. The predicted molar refractivity (Wildman–Crippen MR) is 142 cm³/mol. The van der Waals surface area contributed by atoms with E-state index in [9.17, 15) is 9.59 Å². The van der Waals surface area contributed by atoms with Crippen molar-refractivity contribution < 1.29 is 18.8 Å². The highest BCUT2D eigenvalue weighted by Gasteiger charge is 2.61. The highest BCUT2D eigenvalue weighted by molar-refractivity contribution is 6.78. The summed E-state index contributed by atoms with van der Waals surface area (Å²) in [6, 6.07) is 8.90. The first-order valence-electron chi connectivity index (χ1n) is 12.8. The summed E-state index contributed by atoms with van der Waals surface area (Å²) in [4.78, 5) is 28.3. The van der Waals surface area contributed by atoms with Crippen LogP contribution >= 0.6 is 0 Å². The van der Waals surface area contributed by atoms with Gasteiger partial charge in [-0.1, -0.05) is 91.5 Å². The van der Waals surface area contributed by atoms with Crippen molar-refractivity contribution in [2.75, 3.05) is 6.61 Å². The number of cyclic esters (lactones) is 1. The molecule has 0 aliphatic carbocycles. The predicted octanol–water partition coefficient (Wildman–Crippen LogP) is 6.17. The maximum Gasteiger partial charge on any atom is 0.411 e. The standard InChI is InChI=1S/C26H44N2O4Si2/c1-17(2)34(18(3)4,19(5)6)32-20(7)23-24(25(29)28(23)33(8,9)10)27-22(16-31-26(27)30)21-14-12-11-13-15-21/h11-15,17-20,22-24H,16H2,1-10H3/t20-,22-,23-,24-/m0/s1. The zero-order valence-electron chi connectivity index (χ0n) is 22.7. The van der Waals surface area contributed by atoms with Crippen LogP contribution in [0, 0.1) is 0 Å². The molecule has 6 nitrogen and oxygen atoms in total. The molecule has 1 aromatic carbocycles. The van der Waals surface area contributed by atoms with E-state index >= 15 is 0 Å². The van der Waals surface area contributed by atoms with Crippen LogP contribution < -0.4 is 0 Å². The lowest BCUT2D eigenvalue weighted by atomic mass is 9.91. The molecule has 190 valence electrons. The second-order valence-corrected chi connectivity index (χ2v) is 22.1. The zero-order valence-corrected chi connectivity index (χ0v) is 24.7. The van der Waals surface area contributed by atoms with E-state index in [2.05, 4.69) is 72.7 Å². The highest BCUT2D eigenvalue weighted by Crippen LogP contribution is 2.46. The summed E-state index contributed by atoms with van der Waals surface area (Å²) < 4.78 is 14.7. The molecule has 2 aliphatic rings. The van der Waals surface area contributed by atoms with Crippen molar-refractivity contribution in [3.63, 3.8) is 0 Å². The maximum absolute atomic E-state index is 13.7. The highest BCUT2D eigenvalue weighted by atomic mass is 28.4. The van der Waals surface area contributed by atoms with Gasteiger partial charge in [-0.05, 0) is 29.1 Å². The minimum absolute atomic E-state index is 0.0327. The molecule has 2 fully saturated rings. The Bertz CT molecular complexity index is 863. The lowest BCUT2D eigenvalue weighted by molar-refractivity contribution is -0.155. The molecule has 0 bridgehead atoms. The Morgan fingerprint density at radius 1 is 0.912 bits per heavy atom. The van der Waals surface area contributed by atoms with Crippen molar-refractivity contribution in [2.45, 2.75) is 109 Å². The Balaban J connectivity index is 2.01. The van der Waals surface area contributed by atoms with Gasteiger partial charge >= 0.3 is 6.09 Å². The molecule has 0 spiro atoms. The fourth-order valence-corrected chi connectivity index (χ4v) is 14.1. The molecule has 1 aromatic rings. The van der Waals surface area contributed by atoms with E-state index in [1.165, 1.54) is 0 Å². The van der Waals surface area contributed by atoms with Crippen LogP contribution in [0.2, 0.25) is 36.3 Å². The number of rotatable bonds is 9. The molecule has 0 radical (unpaired) electrons. The Hall–Kier alpha value is -1.65. The fourth-order valence-electron chi connectivity index (χ4n) is 6.49. The number of ether oxygens (including phenoxy) is 1. The van der Waals surface area contributed by atoms with E-state index in [0.717, 1.165) is 5.56 Å². The number of carbonyl (C=O) groups excluding carboxylic acids is 2. The lowest BCUT2D eigenvalue weighted by Crippen LogP contribution is -2.79. The van der Waals surface area contributed by atoms with Crippen LogP contribution in [0.3, 0.4) is 0 Å². The van der Waals surface area contributed by atoms with Crippen LogP contribution in [0.15, 0.2) is 30.3 Å². The molecule has 0 saturated carbocycles. The Morgan fingerprint density at radius 2 is 1.44 bits per heavy atom. The molecule has 3 rings (SSSR count). The molecule has 2 heterocycles. The molecular weight excluding hydrogens is 460 g/mol. The van der Waals surface area contributed by atoms with Gasteiger partial charge in [0.05, 0.1) is 18.2 Å². The van der Waals surface area contributed by atoms with E-state index in [1.807, 2.05) is 30.3 Å². The molecule has 0 unspecified atom stereocenters. The topological polar surface area (TPSA) is 59.1 Å². The molecule has 2 amide bonds.